The maximum absolute atomic E-state index is 12.4. The van der Waals surface area contributed by atoms with Gasteiger partial charge in [0.25, 0.3) is 5.91 Å². The summed E-state index contributed by atoms with van der Waals surface area (Å²) in [6.45, 7) is 1.57. The third-order valence-electron chi connectivity index (χ3n) is 6.17. The lowest BCUT2D eigenvalue weighted by molar-refractivity contribution is -0.118. The van der Waals surface area contributed by atoms with Crippen molar-refractivity contribution in [3.05, 3.63) is 65.7 Å². The molecule has 5 rings (SSSR count). The standard InChI is InChI=1S/C27H25N5O5/c1-35-20-6-5-19(13-28)22(12-20)18-4-2-3-17(11-18)14-29-10-9-21-15-32(27(34)37-21)24-8-7-23-26(30-24)31-25(33)16-36-23/h2-8,11-12,21,29H,9-10,14-16H2,1H3,(H,30,31,33). The number of carbonyl (C=O) groups is 2. The molecule has 3 aromatic rings. The summed E-state index contributed by atoms with van der Waals surface area (Å²) in [4.78, 5) is 29.8. The summed E-state index contributed by atoms with van der Waals surface area (Å²) in [6, 6.07) is 19.0. The second-order valence-corrected chi connectivity index (χ2v) is 8.66. The van der Waals surface area contributed by atoms with E-state index < -0.39 is 6.09 Å². The number of carbonyl (C=O) groups excluding carboxylic acids is 2. The lowest BCUT2D eigenvalue weighted by Gasteiger charge is -2.19. The summed E-state index contributed by atoms with van der Waals surface area (Å²) in [5.74, 6) is 1.57. The van der Waals surface area contributed by atoms with E-state index in [1.54, 1.807) is 31.4 Å². The highest BCUT2D eigenvalue weighted by molar-refractivity contribution is 5.95. The van der Waals surface area contributed by atoms with Crippen LogP contribution in [0.5, 0.6) is 11.5 Å². The number of amides is 2. The van der Waals surface area contributed by atoms with Gasteiger partial charge in [0.1, 0.15) is 17.7 Å². The number of rotatable bonds is 8. The molecule has 10 heteroatoms. The number of aromatic nitrogens is 1. The van der Waals surface area contributed by atoms with Crippen LogP contribution in [0.1, 0.15) is 17.5 Å². The molecule has 37 heavy (non-hydrogen) atoms. The van der Waals surface area contributed by atoms with Crippen LogP contribution in [-0.2, 0) is 16.1 Å². The molecule has 1 fully saturated rings. The van der Waals surface area contributed by atoms with Crippen molar-refractivity contribution >= 4 is 23.6 Å². The zero-order valence-corrected chi connectivity index (χ0v) is 20.2. The van der Waals surface area contributed by atoms with Crippen LogP contribution < -0.4 is 25.0 Å². The number of ether oxygens (including phenoxy) is 3. The van der Waals surface area contributed by atoms with Crippen molar-refractivity contribution in [3.8, 4) is 28.7 Å². The Morgan fingerprint density at radius 2 is 2.11 bits per heavy atom. The molecule has 2 amide bonds. The minimum atomic E-state index is -0.472. The Balaban J connectivity index is 1.16. The second kappa shape index (κ2) is 10.6. The summed E-state index contributed by atoms with van der Waals surface area (Å²) in [5, 5.41) is 15.5. The van der Waals surface area contributed by atoms with E-state index in [0.29, 0.717) is 54.8 Å². The SMILES string of the molecule is COc1ccc(C#N)c(-c2cccc(CNCCC3CN(c4ccc5c(n4)NC(=O)CO5)C(=O)O3)c2)c1. The summed E-state index contributed by atoms with van der Waals surface area (Å²) in [5.41, 5.74) is 3.41. The van der Waals surface area contributed by atoms with E-state index in [2.05, 4.69) is 21.7 Å². The Labute approximate surface area is 213 Å². The highest BCUT2D eigenvalue weighted by atomic mass is 16.6. The molecule has 2 aromatic carbocycles. The number of anilines is 2. The van der Waals surface area contributed by atoms with Crippen LogP contribution in [-0.4, -0.2) is 49.9 Å². The first-order chi connectivity index (χ1) is 18.0. The van der Waals surface area contributed by atoms with Crippen LogP contribution in [0.2, 0.25) is 0 Å². The van der Waals surface area contributed by atoms with Gasteiger partial charge in [-0.25, -0.2) is 9.78 Å². The number of cyclic esters (lactones) is 1. The van der Waals surface area contributed by atoms with E-state index in [4.69, 9.17) is 14.2 Å². The van der Waals surface area contributed by atoms with E-state index in [0.717, 1.165) is 16.7 Å². The van der Waals surface area contributed by atoms with Gasteiger partial charge in [-0.15, -0.1) is 0 Å². The van der Waals surface area contributed by atoms with Crippen molar-refractivity contribution in [3.63, 3.8) is 0 Å². The van der Waals surface area contributed by atoms with Crippen molar-refractivity contribution < 1.29 is 23.8 Å². The molecule has 0 spiro atoms. The van der Waals surface area contributed by atoms with E-state index in [1.165, 1.54) is 4.90 Å². The normalized spacial score (nSPS) is 16.3. The zero-order chi connectivity index (χ0) is 25.8. The average Bonchev–Trinajstić information content (AvgIpc) is 3.30. The number of hydrogen-bond acceptors (Lipinski definition) is 8. The molecule has 0 aliphatic carbocycles. The number of hydrogen-bond donors (Lipinski definition) is 2. The highest BCUT2D eigenvalue weighted by Gasteiger charge is 2.33. The Hall–Kier alpha value is -4.62. The fourth-order valence-corrected chi connectivity index (χ4v) is 4.29. The van der Waals surface area contributed by atoms with Crippen LogP contribution in [0.3, 0.4) is 0 Å². The first-order valence-corrected chi connectivity index (χ1v) is 11.8. The van der Waals surface area contributed by atoms with Gasteiger partial charge in [0, 0.05) is 12.1 Å². The number of nitriles is 1. The van der Waals surface area contributed by atoms with Gasteiger partial charge in [0.2, 0.25) is 0 Å². The van der Waals surface area contributed by atoms with Crippen molar-refractivity contribution in [1.29, 1.82) is 5.26 Å². The molecule has 1 unspecified atom stereocenters. The predicted molar refractivity (Wildman–Crippen MR) is 135 cm³/mol. The average molecular weight is 500 g/mol. The number of methoxy groups -OCH3 is 1. The van der Waals surface area contributed by atoms with Crippen LogP contribution in [0.4, 0.5) is 16.4 Å². The van der Waals surface area contributed by atoms with E-state index in [-0.39, 0.29) is 18.6 Å². The van der Waals surface area contributed by atoms with E-state index in [9.17, 15) is 14.9 Å². The van der Waals surface area contributed by atoms with Crippen molar-refractivity contribution in [2.45, 2.75) is 19.1 Å². The topological polar surface area (TPSA) is 126 Å². The van der Waals surface area contributed by atoms with E-state index in [1.807, 2.05) is 30.3 Å². The minimum Gasteiger partial charge on any atom is -0.497 e. The fraction of sp³-hybridized carbons (Fsp3) is 0.259. The third-order valence-corrected chi connectivity index (χ3v) is 6.17. The lowest BCUT2D eigenvalue weighted by Crippen LogP contribution is -2.29. The number of benzene rings is 2. The smallest absolute Gasteiger partial charge is 0.415 e. The Morgan fingerprint density at radius 3 is 2.95 bits per heavy atom. The molecule has 1 atom stereocenters. The van der Waals surface area contributed by atoms with E-state index >= 15 is 0 Å². The van der Waals surface area contributed by atoms with Gasteiger partial charge in [-0.1, -0.05) is 18.2 Å². The molecule has 0 bridgehead atoms. The zero-order valence-electron chi connectivity index (χ0n) is 20.2. The molecule has 10 nitrogen and oxygen atoms in total. The number of pyridine rings is 1. The highest BCUT2D eigenvalue weighted by Crippen LogP contribution is 2.31. The predicted octanol–water partition coefficient (Wildman–Crippen LogP) is 3.46. The first-order valence-electron chi connectivity index (χ1n) is 11.8. The van der Waals surface area contributed by atoms with Gasteiger partial charge in [-0.05, 0) is 60.5 Å². The minimum absolute atomic E-state index is 0.0545. The summed E-state index contributed by atoms with van der Waals surface area (Å²) in [6.07, 6.45) is -0.133. The Bertz CT molecular complexity index is 1390. The molecular formula is C27H25N5O5. The number of fused-ring (bicyclic) bond motifs is 1. The van der Waals surface area contributed by atoms with Gasteiger partial charge in [-0.3, -0.25) is 9.69 Å². The van der Waals surface area contributed by atoms with Crippen molar-refractivity contribution in [2.75, 3.05) is 37.0 Å². The lowest BCUT2D eigenvalue weighted by atomic mass is 9.98. The number of nitrogens with zero attached hydrogens (tertiary/aromatic N) is 3. The quantitative estimate of drug-likeness (QED) is 0.452. The van der Waals surface area contributed by atoms with Crippen LogP contribution in [0.15, 0.2) is 54.6 Å². The number of nitrogens with one attached hydrogen (secondary N) is 2. The van der Waals surface area contributed by atoms with Gasteiger partial charge >= 0.3 is 6.09 Å². The Kier molecular flexibility index (Phi) is 6.87. The molecule has 0 radical (unpaired) electrons. The van der Waals surface area contributed by atoms with Gasteiger partial charge in [0.15, 0.2) is 18.2 Å². The van der Waals surface area contributed by atoms with Crippen molar-refractivity contribution in [1.82, 2.24) is 10.3 Å². The van der Waals surface area contributed by atoms with Crippen LogP contribution in [0.25, 0.3) is 11.1 Å². The largest absolute Gasteiger partial charge is 0.497 e. The van der Waals surface area contributed by atoms with Gasteiger partial charge < -0.3 is 24.8 Å². The van der Waals surface area contributed by atoms with Crippen molar-refractivity contribution in [2.24, 2.45) is 0 Å². The van der Waals surface area contributed by atoms with Crippen LogP contribution in [0, 0.1) is 11.3 Å². The summed E-state index contributed by atoms with van der Waals surface area (Å²) >= 11 is 0. The molecule has 2 aliphatic rings. The summed E-state index contributed by atoms with van der Waals surface area (Å²) in [7, 11) is 1.60. The van der Waals surface area contributed by atoms with Gasteiger partial charge in [0.05, 0.1) is 25.3 Å². The maximum Gasteiger partial charge on any atom is 0.415 e. The molecule has 3 heterocycles. The molecule has 1 aromatic heterocycles. The molecule has 1 saturated heterocycles. The Morgan fingerprint density at radius 1 is 1.22 bits per heavy atom. The summed E-state index contributed by atoms with van der Waals surface area (Å²) < 4.78 is 16.2. The molecule has 2 aliphatic heterocycles. The molecule has 2 N–H and O–H groups in total. The molecule has 188 valence electrons. The molecular weight excluding hydrogens is 474 g/mol. The van der Waals surface area contributed by atoms with Crippen LogP contribution >= 0.6 is 0 Å². The van der Waals surface area contributed by atoms with Gasteiger partial charge in [-0.2, -0.15) is 5.26 Å². The first kappa shape index (κ1) is 24.1. The fourth-order valence-electron chi connectivity index (χ4n) is 4.29. The maximum atomic E-state index is 12.4. The monoisotopic (exact) mass is 499 g/mol. The second-order valence-electron chi connectivity index (χ2n) is 8.66. The molecule has 0 saturated carbocycles. The third kappa shape index (κ3) is 5.32.